The van der Waals surface area contributed by atoms with E-state index < -0.39 is 5.97 Å². The van der Waals surface area contributed by atoms with Gasteiger partial charge in [0.05, 0.1) is 5.56 Å². The Balaban J connectivity index is 2.44. The van der Waals surface area contributed by atoms with Crippen LogP contribution < -0.4 is 0 Å². The summed E-state index contributed by atoms with van der Waals surface area (Å²) in [6, 6.07) is 5.44. The van der Waals surface area contributed by atoms with Gasteiger partial charge < -0.3 is 5.11 Å². The van der Waals surface area contributed by atoms with E-state index in [1.165, 1.54) is 12.0 Å². The van der Waals surface area contributed by atoms with Crippen molar-refractivity contribution in [1.82, 2.24) is 0 Å². The minimum absolute atomic E-state index is 0.394. The maximum Gasteiger partial charge on any atom is 0.335 e. The molecule has 0 unspecified atom stereocenters. The second-order valence-corrected chi connectivity index (χ2v) is 4.73. The van der Waals surface area contributed by atoms with Crippen molar-refractivity contribution in [3.05, 3.63) is 29.3 Å². The van der Waals surface area contributed by atoms with Crippen LogP contribution in [0.4, 0.5) is 0 Å². The summed E-state index contributed by atoms with van der Waals surface area (Å²) in [7, 11) is 0. The minimum atomic E-state index is -0.841. The molecule has 0 saturated carbocycles. The average molecular weight is 208 g/mol. The third kappa shape index (κ3) is 1.64. The van der Waals surface area contributed by atoms with Crippen LogP contribution >= 0.6 is 11.8 Å². The number of rotatable bonds is 1. The highest BCUT2D eigenvalue weighted by Gasteiger charge is 2.17. The van der Waals surface area contributed by atoms with Gasteiger partial charge in [0.2, 0.25) is 0 Å². The molecule has 74 valence electrons. The molecule has 0 bridgehead atoms. The molecule has 2 nitrogen and oxygen atoms in total. The Kier molecular flexibility index (Phi) is 2.50. The highest BCUT2D eigenvalue weighted by Crippen LogP contribution is 2.37. The predicted molar refractivity (Wildman–Crippen MR) is 57.2 cm³/mol. The Hall–Kier alpha value is -0.960. The lowest BCUT2D eigenvalue weighted by molar-refractivity contribution is 0.0696. The van der Waals surface area contributed by atoms with Crippen molar-refractivity contribution in [1.29, 1.82) is 0 Å². The summed E-state index contributed by atoms with van der Waals surface area (Å²) in [4.78, 5) is 11.9. The minimum Gasteiger partial charge on any atom is -0.478 e. The number of hydrogen-bond donors (Lipinski definition) is 1. The first-order valence-corrected chi connectivity index (χ1v) is 5.67. The van der Waals surface area contributed by atoms with Gasteiger partial charge >= 0.3 is 5.97 Å². The molecule has 1 aliphatic rings. The van der Waals surface area contributed by atoms with Gasteiger partial charge in [-0.3, -0.25) is 0 Å². The summed E-state index contributed by atoms with van der Waals surface area (Å²) in [6.45, 7) is 2.19. The number of carboxylic acids is 1. The largest absolute Gasteiger partial charge is 0.478 e. The lowest BCUT2D eigenvalue weighted by Crippen LogP contribution is -2.06. The van der Waals surface area contributed by atoms with E-state index in [1.54, 1.807) is 23.9 Å². The van der Waals surface area contributed by atoms with Gasteiger partial charge in [-0.25, -0.2) is 4.79 Å². The van der Waals surface area contributed by atoms with E-state index in [1.807, 2.05) is 6.07 Å². The zero-order valence-corrected chi connectivity index (χ0v) is 8.80. The highest BCUT2D eigenvalue weighted by molar-refractivity contribution is 7.99. The second kappa shape index (κ2) is 3.65. The second-order valence-electron chi connectivity index (χ2n) is 3.60. The number of hydrogen-bond acceptors (Lipinski definition) is 2. The first-order valence-electron chi connectivity index (χ1n) is 4.68. The Bertz CT molecular complexity index is 374. The molecule has 2 rings (SSSR count). The Morgan fingerprint density at radius 3 is 3.07 bits per heavy atom. The summed E-state index contributed by atoms with van der Waals surface area (Å²) < 4.78 is 0. The topological polar surface area (TPSA) is 37.3 Å². The Morgan fingerprint density at radius 1 is 1.57 bits per heavy atom. The molecule has 0 spiro atoms. The van der Waals surface area contributed by atoms with Gasteiger partial charge in [0, 0.05) is 4.90 Å². The van der Waals surface area contributed by atoms with Crippen molar-refractivity contribution in [3.63, 3.8) is 0 Å². The van der Waals surface area contributed by atoms with Crippen LogP contribution in [0.2, 0.25) is 0 Å². The van der Waals surface area contributed by atoms with Gasteiger partial charge in [-0.15, -0.1) is 11.8 Å². The van der Waals surface area contributed by atoms with Crippen molar-refractivity contribution in [3.8, 4) is 0 Å². The first kappa shape index (κ1) is 9.59. The molecule has 1 aromatic carbocycles. The fourth-order valence-electron chi connectivity index (χ4n) is 1.70. The fourth-order valence-corrected chi connectivity index (χ4v) is 3.04. The lowest BCUT2D eigenvalue weighted by Gasteiger charge is -2.21. The molecule has 1 N–H and O–H groups in total. The van der Waals surface area contributed by atoms with E-state index in [9.17, 15) is 4.79 Å². The maximum absolute atomic E-state index is 10.8. The standard InChI is InChI=1S/C11H12O2S/c1-7-4-5-14-10-6-8(11(12)13)2-3-9(7)10/h2-3,6-7H,4-5H2,1H3,(H,12,13)/t7-/m1/s1. The van der Waals surface area contributed by atoms with E-state index in [-0.39, 0.29) is 0 Å². The monoisotopic (exact) mass is 208 g/mol. The summed E-state index contributed by atoms with van der Waals surface area (Å²) in [5.41, 5.74) is 1.69. The number of aromatic carboxylic acids is 1. The average Bonchev–Trinajstić information content (AvgIpc) is 2.17. The zero-order chi connectivity index (χ0) is 10.1. The Morgan fingerprint density at radius 2 is 2.36 bits per heavy atom. The van der Waals surface area contributed by atoms with Gasteiger partial charge in [-0.2, -0.15) is 0 Å². The van der Waals surface area contributed by atoms with Crippen LogP contribution in [-0.2, 0) is 0 Å². The zero-order valence-electron chi connectivity index (χ0n) is 7.99. The lowest BCUT2D eigenvalue weighted by atomic mass is 9.97. The highest BCUT2D eigenvalue weighted by atomic mass is 32.2. The molecule has 0 radical (unpaired) electrons. The molecule has 1 atom stereocenters. The summed E-state index contributed by atoms with van der Waals surface area (Å²) in [5, 5.41) is 8.84. The molecule has 0 saturated heterocycles. The normalized spacial score (nSPS) is 20.2. The van der Waals surface area contributed by atoms with Crippen molar-refractivity contribution >= 4 is 17.7 Å². The fraction of sp³-hybridized carbons (Fsp3) is 0.364. The molecule has 1 aliphatic heterocycles. The predicted octanol–water partition coefficient (Wildman–Crippen LogP) is 2.98. The van der Waals surface area contributed by atoms with Crippen LogP contribution in [0.3, 0.4) is 0 Å². The van der Waals surface area contributed by atoms with Crippen LogP contribution in [0.5, 0.6) is 0 Å². The smallest absolute Gasteiger partial charge is 0.335 e. The van der Waals surface area contributed by atoms with Crippen LogP contribution in [0.1, 0.15) is 35.2 Å². The number of carboxylic acid groups (broad SMARTS) is 1. The van der Waals surface area contributed by atoms with Crippen LogP contribution in [0.15, 0.2) is 23.1 Å². The maximum atomic E-state index is 10.8. The summed E-state index contributed by atoms with van der Waals surface area (Å²) in [6.07, 6.45) is 1.18. The van der Waals surface area contributed by atoms with Gasteiger partial charge in [0.25, 0.3) is 0 Å². The van der Waals surface area contributed by atoms with Crippen molar-refractivity contribution in [2.24, 2.45) is 0 Å². The quantitative estimate of drug-likeness (QED) is 0.771. The molecular weight excluding hydrogens is 196 g/mol. The van der Waals surface area contributed by atoms with Crippen LogP contribution in [0.25, 0.3) is 0 Å². The van der Waals surface area contributed by atoms with Crippen molar-refractivity contribution < 1.29 is 9.90 Å². The van der Waals surface area contributed by atoms with E-state index in [2.05, 4.69) is 6.92 Å². The number of benzene rings is 1. The molecule has 1 aromatic rings. The number of thioether (sulfide) groups is 1. The molecule has 0 amide bonds. The van der Waals surface area contributed by atoms with Gasteiger partial charge in [-0.05, 0) is 35.8 Å². The molecule has 0 aromatic heterocycles. The summed E-state index contributed by atoms with van der Waals surface area (Å²) in [5.74, 6) is 0.817. The number of carbonyl (C=O) groups is 1. The van der Waals surface area contributed by atoms with Crippen molar-refractivity contribution in [2.45, 2.75) is 24.2 Å². The third-order valence-corrected chi connectivity index (χ3v) is 3.70. The van der Waals surface area contributed by atoms with Crippen LogP contribution in [0, 0.1) is 0 Å². The van der Waals surface area contributed by atoms with E-state index in [0.29, 0.717) is 11.5 Å². The summed E-state index contributed by atoms with van der Waals surface area (Å²) >= 11 is 1.76. The number of fused-ring (bicyclic) bond motifs is 1. The van der Waals surface area contributed by atoms with Gasteiger partial charge in [-0.1, -0.05) is 13.0 Å². The Labute approximate surface area is 87.3 Å². The van der Waals surface area contributed by atoms with Gasteiger partial charge in [0.15, 0.2) is 0 Å². The molecule has 3 heteroatoms. The molecule has 0 fully saturated rings. The van der Waals surface area contributed by atoms with Crippen molar-refractivity contribution in [2.75, 3.05) is 5.75 Å². The van der Waals surface area contributed by atoms with E-state index in [0.717, 1.165) is 10.6 Å². The van der Waals surface area contributed by atoms with Crippen LogP contribution in [-0.4, -0.2) is 16.8 Å². The third-order valence-electron chi connectivity index (χ3n) is 2.60. The van der Waals surface area contributed by atoms with E-state index >= 15 is 0 Å². The molecule has 14 heavy (non-hydrogen) atoms. The molecular formula is C11H12O2S. The first-order chi connectivity index (χ1) is 6.68. The van der Waals surface area contributed by atoms with Gasteiger partial charge in [0.1, 0.15) is 0 Å². The molecule has 0 aliphatic carbocycles. The SMILES string of the molecule is C[C@@H]1CCSc2cc(C(=O)O)ccc21. The molecule has 1 heterocycles. The van der Waals surface area contributed by atoms with E-state index in [4.69, 9.17) is 5.11 Å².